The summed E-state index contributed by atoms with van der Waals surface area (Å²) in [5, 5.41) is 0. The van der Waals surface area contributed by atoms with Gasteiger partial charge in [0.25, 0.3) is 0 Å². The Morgan fingerprint density at radius 3 is 1.38 bits per heavy atom. The van der Waals surface area contributed by atoms with Gasteiger partial charge in [0.05, 0.1) is 14.2 Å². The quantitative estimate of drug-likeness (QED) is 0.409. The van der Waals surface area contributed by atoms with Gasteiger partial charge in [-0.3, -0.25) is 0 Å². The van der Waals surface area contributed by atoms with Crippen molar-refractivity contribution in [2.75, 3.05) is 14.2 Å². The van der Waals surface area contributed by atoms with Crippen LogP contribution in [0.2, 0.25) is 0 Å². The third kappa shape index (κ3) is 4.77. The van der Waals surface area contributed by atoms with Crippen LogP contribution in [0.1, 0.15) is 26.7 Å². The van der Waals surface area contributed by atoms with Crippen LogP contribution in [0.5, 0.6) is 0 Å². The van der Waals surface area contributed by atoms with Crippen molar-refractivity contribution in [2.24, 2.45) is 0 Å². The number of carbonyl (C=O) groups excluding carboxylic acids is 2. The van der Waals surface area contributed by atoms with E-state index in [1.807, 2.05) is 13.8 Å². The monoisotopic (exact) mass is 226 g/mol. The predicted molar refractivity (Wildman–Crippen MR) is 60.8 cm³/mol. The van der Waals surface area contributed by atoms with Gasteiger partial charge in [-0.15, -0.1) is 0 Å². The van der Waals surface area contributed by atoms with Crippen molar-refractivity contribution >= 4 is 11.9 Å². The molecule has 0 fully saturated rings. The zero-order valence-electron chi connectivity index (χ0n) is 10.2. The third-order valence-electron chi connectivity index (χ3n) is 2.16. The zero-order chi connectivity index (χ0) is 12.6. The molecule has 0 aliphatic heterocycles. The van der Waals surface area contributed by atoms with E-state index in [-0.39, 0.29) is 0 Å². The second-order valence-electron chi connectivity index (χ2n) is 3.09. The van der Waals surface area contributed by atoms with Crippen LogP contribution in [-0.2, 0) is 19.1 Å². The number of allylic oxidation sites excluding steroid dienone is 2. The van der Waals surface area contributed by atoms with Gasteiger partial charge >= 0.3 is 11.9 Å². The van der Waals surface area contributed by atoms with Crippen LogP contribution in [0.15, 0.2) is 23.3 Å². The molecule has 0 aromatic carbocycles. The molecule has 0 spiro atoms. The van der Waals surface area contributed by atoms with E-state index in [9.17, 15) is 9.59 Å². The molecule has 0 aliphatic rings. The van der Waals surface area contributed by atoms with Crippen molar-refractivity contribution in [2.45, 2.75) is 26.7 Å². The summed E-state index contributed by atoms with van der Waals surface area (Å²) in [6, 6.07) is 0. The number of methoxy groups -OCH3 is 2. The molecule has 0 unspecified atom stereocenters. The van der Waals surface area contributed by atoms with Crippen molar-refractivity contribution in [3.05, 3.63) is 23.3 Å². The van der Waals surface area contributed by atoms with E-state index in [0.717, 1.165) is 11.1 Å². The molecule has 4 heteroatoms. The van der Waals surface area contributed by atoms with Gasteiger partial charge in [-0.05, 0) is 24.0 Å². The number of carbonyl (C=O) groups is 2. The van der Waals surface area contributed by atoms with Crippen LogP contribution < -0.4 is 0 Å². The van der Waals surface area contributed by atoms with Gasteiger partial charge in [0.2, 0.25) is 0 Å². The predicted octanol–water partition coefficient (Wildman–Crippen LogP) is 2.01. The van der Waals surface area contributed by atoms with Crippen molar-refractivity contribution in [3.8, 4) is 0 Å². The summed E-state index contributed by atoms with van der Waals surface area (Å²) in [6.45, 7) is 3.82. The molecule has 0 saturated carbocycles. The second-order valence-corrected chi connectivity index (χ2v) is 3.09. The van der Waals surface area contributed by atoms with Gasteiger partial charge in [-0.1, -0.05) is 13.8 Å². The van der Waals surface area contributed by atoms with Crippen molar-refractivity contribution in [3.63, 3.8) is 0 Å². The molecule has 0 aromatic rings. The highest BCUT2D eigenvalue weighted by molar-refractivity contribution is 5.86. The number of esters is 2. The molecule has 0 bridgehead atoms. The molecule has 0 aromatic heterocycles. The second kappa shape index (κ2) is 7.68. The maximum absolute atomic E-state index is 11.1. The molecule has 0 saturated heterocycles. The molecule has 0 radical (unpaired) electrons. The lowest BCUT2D eigenvalue weighted by molar-refractivity contribution is -0.135. The first kappa shape index (κ1) is 14.4. The Morgan fingerprint density at radius 1 is 0.875 bits per heavy atom. The van der Waals surface area contributed by atoms with Gasteiger partial charge in [-0.25, -0.2) is 9.59 Å². The fraction of sp³-hybridized carbons (Fsp3) is 0.500. The summed E-state index contributed by atoms with van der Waals surface area (Å²) in [6.07, 6.45) is 4.12. The van der Waals surface area contributed by atoms with Crippen LogP contribution >= 0.6 is 0 Å². The number of rotatable bonds is 5. The lowest BCUT2D eigenvalue weighted by Gasteiger charge is -2.07. The summed E-state index contributed by atoms with van der Waals surface area (Å²) in [4.78, 5) is 22.2. The highest BCUT2D eigenvalue weighted by Gasteiger charge is 2.07. The average molecular weight is 226 g/mol. The summed E-state index contributed by atoms with van der Waals surface area (Å²) < 4.78 is 9.10. The summed E-state index contributed by atoms with van der Waals surface area (Å²) >= 11 is 0. The number of ether oxygens (including phenoxy) is 2. The molecule has 4 nitrogen and oxygen atoms in total. The number of hydrogen-bond donors (Lipinski definition) is 0. The Balaban J connectivity index is 5.04. The van der Waals surface area contributed by atoms with Crippen LogP contribution in [-0.4, -0.2) is 26.2 Å². The first-order chi connectivity index (χ1) is 7.58. The lowest BCUT2D eigenvalue weighted by Crippen LogP contribution is -2.02. The Morgan fingerprint density at radius 2 is 1.19 bits per heavy atom. The van der Waals surface area contributed by atoms with E-state index >= 15 is 0 Å². The van der Waals surface area contributed by atoms with E-state index in [1.165, 1.54) is 26.4 Å². The summed E-state index contributed by atoms with van der Waals surface area (Å²) in [7, 11) is 2.64. The van der Waals surface area contributed by atoms with E-state index in [4.69, 9.17) is 0 Å². The van der Waals surface area contributed by atoms with Crippen molar-refractivity contribution < 1.29 is 19.1 Å². The molecule has 16 heavy (non-hydrogen) atoms. The standard InChI is InChI=1S/C12H18O4/c1-5-9(7-11(13)15-3)10(6-2)8-12(14)16-4/h7-8H,5-6H2,1-4H3. The Kier molecular flexibility index (Phi) is 6.92. The first-order valence-electron chi connectivity index (χ1n) is 5.16. The van der Waals surface area contributed by atoms with Crippen LogP contribution in [0.3, 0.4) is 0 Å². The molecule has 90 valence electrons. The zero-order valence-corrected chi connectivity index (χ0v) is 10.2. The lowest BCUT2D eigenvalue weighted by atomic mass is 10.0. The maximum atomic E-state index is 11.1. The van der Waals surface area contributed by atoms with Gasteiger partial charge in [0.15, 0.2) is 0 Å². The Labute approximate surface area is 95.9 Å². The molecular formula is C12H18O4. The largest absolute Gasteiger partial charge is 0.466 e. The third-order valence-corrected chi connectivity index (χ3v) is 2.16. The smallest absolute Gasteiger partial charge is 0.330 e. The van der Waals surface area contributed by atoms with Crippen molar-refractivity contribution in [1.29, 1.82) is 0 Å². The van der Waals surface area contributed by atoms with Gasteiger partial charge in [0.1, 0.15) is 0 Å². The van der Waals surface area contributed by atoms with Gasteiger partial charge in [-0.2, -0.15) is 0 Å². The molecule has 0 atom stereocenters. The highest BCUT2D eigenvalue weighted by Crippen LogP contribution is 2.17. The fourth-order valence-electron chi connectivity index (χ4n) is 1.25. The normalized spacial score (nSPS) is 12.2. The van der Waals surface area contributed by atoms with E-state index in [1.54, 1.807) is 0 Å². The van der Waals surface area contributed by atoms with Crippen LogP contribution in [0.4, 0.5) is 0 Å². The molecule has 0 rings (SSSR count). The Bertz CT molecular complexity index is 281. The molecule has 0 amide bonds. The van der Waals surface area contributed by atoms with E-state index in [0.29, 0.717) is 12.8 Å². The molecule has 0 N–H and O–H groups in total. The number of hydrogen-bond acceptors (Lipinski definition) is 4. The van der Waals surface area contributed by atoms with Crippen LogP contribution in [0, 0.1) is 0 Å². The Hall–Kier alpha value is -1.58. The summed E-state index contributed by atoms with van der Waals surface area (Å²) in [5.41, 5.74) is 1.58. The van der Waals surface area contributed by atoms with E-state index < -0.39 is 11.9 Å². The first-order valence-corrected chi connectivity index (χ1v) is 5.16. The van der Waals surface area contributed by atoms with E-state index in [2.05, 4.69) is 9.47 Å². The minimum atomic E-state index is -0.416. The minimum Gasteiger partial charge on any atom is -0.466 e. The maximum Gasteiger partial charge on any atom is 0.330 e. The van der Waals surface area contributed by atoms with Gasteiger partial charge in [0, 0.05) is 12.2 Å². The SMILES string of the molecule is CCC(=CC(=O)OC)C(=CC(=O)OC)CC. The van der Waals surface area contributed by atoms with Crippen molar-refractivity contribution in [1.82, 2.24) is 0 Å². The highest BCUT2D eigenvalue weighted by atomic mass is 16.5. The topological polar surface area (TPSA) is 52.6 Å². The molecular weight excluding hydrogens is 208 g/mol. The van der Waals surface area contributed by atoms with Crippen LogP contribution in [0.25, 0.3) is 0 Å². The van der Waals surface area contributed by atoms with Gasteiger partial charge < -0.3 is 9.47 Å². The fourth-order valence-corrected chi connectivity index (χ4v) is 1.25. The molecule has 0 heterocycles. The summed E-state index contributed by atoms with van der Waals surface area (Å²) in [5.74, 6) is -0.831. The minimum absolute atomic E-state index is 0.416. The molecule has 0 aliphatic carbocycles. The average Bonchev–Trinajstić information content (AvgIpc) is 2.32.